The third kappa shape index (κ3) is 3.66. The van der Waals surface area contributed by atoms with Crippen LogP contribution in [0.4, 0.5) is 11.8 Å². The van der Waals surface area contributed by atoms with E-state index in [0.29, 0.717) is 40.8 Å². The minimum absolute atomic E-state index is 0.168. The first-order chi connectivity index (χ1) is 15.2. The molecule has 0 unspecified atom stereocenters. The highest BCUT2D eigenvalue weighted by Gasteiger charge is 2.22. The molecule has 2 aromatic carbocycles. The highest BCUT2D eigenvalue weighted by Crippen LogP contribution is 2.37. The van der Waals surface area contributed by atoms with E-state index in [4.69, 9.17) is 25.3 Å². The average molecular weight is 416 g/mol. The summed E-state index contributed by atoms with van der Waals surface area (Å²) < 4.78 is 13.0. The van der Waals surface area contributed by atoms with Crippen LogP contribution in [0.15, 0.2) is 54.6 Å². The van der Waals surface area contributed by atoms with E-state index in [9.17, 15) is 0 Å². The molecule has 1 atom stereocenters. The van der Waals surface area contributed by atoms with Crippen LogP contribution in [0.25, 0.3) is 28.0 Å². The van der Waals surface area contributed by atoms with Gasteiger partial charge in [0.2, 0.25) is 5.95 Å². The number of nitrogens with zero attached hydrogens (tertiary/aromatic N) is 4. The van der Waals surface area contributed by atoms with Crippen LogP contribution in [-0.4, -0.2) is 46.1 Å². The highest BCUT2D eigenvalue weighted by molar-refractivity contribution is 6.00. The van der Waals surface area contributed by atoms with Crippen LogP contribution in [0.1, 0.15) is 12.8 Å². The molecule has 1 aliphatic heterocycles. The van der Waals surface area contributed by atoms with E-state index in [1.54, 1.807) is 11.8 Å². The molecule has 3 heterocycles. The van der Waals surface area contributed by atoms with Crippen molar-refractivity contribution in [3.8, 4) is 22.7 Å². The molecule has 158 valence electrons. The van der Waals surface area contributed by atoms with Crippen LogP contribution >= 0.6 is 0 Å². The van der Waals surface area contributed by atoms with Gasteiger partial charge in [0.25, 0.3) is 0 Å². The summed E-state index contributed by atoms with van der Waals surface area (Å²) in [6.45, 7) is 1.45. The van der Waals surface area contributed by atoms with Crippen molar-refractivity contribution in [3.63, 3.8) is 0 Å². The molecule has 2 aromatic heterocycles. The van der Waals surface area contributed by atoms with Crippen molar-refractivity contribution in [1.29, 1.82) is 0 Å². The number of aromatic nitrogens is 4. The summed E-state index contributed by atoms with van der Waals surface area (Å²) in [7, 11) is 1.64. The van der Waals surface area contributed by atoms with Crippen LogP contribution in [0.2, 0.25) is 0 Å². The van der Waals surface area contributed by atoms with E-state index in [1.807, 2.05) is 54.6 Å². The molecule has 0 saturated carbocycles. The molecular formula is C23H24N6O2. The van der Waals surface area contributed by atoms with Crippen LogP contribution < -0.4 is 15.8 Å². The Morgan fingerprint density at radius 2 is 1.94 bits per heavy atom. The van der Waals surface area contributed by atoms with E-state index in [2.05, 4.69) is 10.3 Å². The second-order valence-electron chi connectivity index (χ2n) is 7.44. The standard InChI is InChI=1S/C23H24N6O2/c1-30-18-12-6-5-11-17(18)20-19-21(24)29(15-8-3-2-4-9-15)28-22(19)27-23(26-20)25-14-16-10-7-13-31-16/h2-6,8-9,11-12,16H,7,10,13-14,24H2,1H3,(H,25,27,28)/t16-/m0/s1. The average Bonchev–Trinajstić information content (AvgIpc) is 3.46. The fourth-order valence-electron chi connectivity index (χ4n) is 3.90. The van der Waals surface area contributed by atoms with Crippen molar-refractivity contribution in [2.24, 2.45) is 0 Å². The molecule has 0 aliphatic carbocycles. The number of nitrogens with one attached hydrogen (secondary N) is 1. The Morgan fingerprint density at radius 3 is 2.71 bits per heavy atom. The second-order valence-corrected chi connectivity index (χ2v) is 7.44. The van der Waals surface area contributed by atoms with Gasteiger partial charge in [-0.2, -0.15) is 4.98 Å². The molecule has 1 aliphatic rings. The molecule has 0 radical (unpaired) electrons. The Balaban J connectivity index is 1.66. The third-order valence-corrected chi connectivity index (χ3v) is 5.44. The fraction of sp³-hybridized carbons (Fsp3) is 0.261. The van der Waals surface area contributed by atoms with E-state index in [0.717, 1.165) is 30.7 Å². The summed E-state index contributed by atoms with van der Waals surface area (Å²) in [4.78, 5) is 9.47. The van der Waals surface area contributed by atoms with Gasteiger partial charge in [-0.15, -0.1) is 5.10 Å². The van der Waals surface area contributed by atoms with Gasteiger partial charge in [-0.3, -0.25) is 0 Å². The molecule has 8 heteroatoms. The molecule has 5 rings (SSSR count). The quantitative estimate of drug-likeness (QED) is 0.495. The van der Waals surface area contributed by atoms with Crippen molar-refractivity contribution < 1.29 is 9.47 Å². The molecule has 0 bridgehead atoms. The van der Waals surface area contributed by atoms with Crippen LogP contribution in [-0.2, 0) is 4.74 Å². The number of nitrogens with two attached hydrogens (primary N) is 1. The zero-order chi connectivity index (χ0) is 21.2. The summed E-state index contributed by atoms with van der Waals surface area (Å²) in [6, 6.07) is 17.5. The maximum Gasteiger partial charge on any atom is 0.225 e. The summed E-state index contributed by atoms with van der Waals surface area (Å²) in [5, 5.41) is 8.70. The number of nitrogen functional groups attached to an aromatic ring is 1. The maximum atomic E-state index is 6.56. The zero-order valence-electron chi connectivity index (χ0n) is 17.3. The summed E-state index contributed by atoms with van der Waals surface area (Å²) in [5.74, 6) is 1.67. The predicted molar refractivity (Wildman–Crippen MR) is 121 cm³/mol. The molecular weight excluding hydrogens is 392 g/mol. The normalized spacial score (nSPS) is 16.0. The molecule has 3 N–H and O–H groups in total. The lowest BCUT2D eigenvalue weighted by Crippen LogP contribution is -2.19. The number of rotatable bonds is 6. The second kappa shape index (κ2) is 8.23. The number of anilines is 2. The molecule has 8 nitrogen and oxygen atoms in total. The van der Waals surface area contributed by atoms with Gasteiger partial charge in [0, 0.05) is 18.7 Å². The molecule has 0 amide bonds. The summed E-state index contributed by atoms with van der Waals surface area (Å²) in [6.07, 6.45) is 2.28. The predicted octanol–water partition coefficient (Wildman–Crippen LogP) is 3.66. The van der Waals surface area contributed by atoms with E-state index in [-0.39, 0.29) is 6.10 Å². The minimum Gasteiger partial charge on any atom is -0.496 e. The monoisotopic (exact) mass is 416 g/mol. The van der Waals surface area contributed by atoms with Crippen LogP contribution in [0.5, 0.6) is 5.75 Å². The zero-order valence-corrected chi connectivity index (χ0v) is 17.3. The van der Waals surface area contributed by atoms with E-state index >= 15 is 0 Å². The van der Waals surface area contributed by atoms with E-state index in [1.165, 1.54) is 0 Å². The van der Waals surface area contributed by atoms with Gasteiger partial charge >= 0.3 is 0 Å². The first-order valence-corrected chi connectivity index (χ1v) is 10.3. The lowest BCUT2D eigenvalue weighted by molar-refractivity contribution is 0.120. The van der Waals surface area contributed by atoms with Crippen LogP contribution in [0.3, 0.4) is 0 Å². The third-order valence-electron chi connectivity index (χ3n) is 5.44. The van der Waals surface area contributed by atoms with Gasteiger partial charge in [0.15, 0.2) is 5.65 Å². The summed E-state index contributed by atoms with van der Waals surface area (Å²) >= 11 is 0. The van der Waals surface area contributed by atoms with Crippen LogP contribution in [0, 0.1) is 0 Å². The molecule has 0 spiro atoms. The van der Waals surface area contributed by atoms with Crippen molar-refractivity contribution in [3.05, 3.63) is 54.6 Å². The van der Waals surface area contributed by atoms with Gasteiger partial charge in [-0.25, -0.2) is 9.67 Å². The Hall–Kier alpha value is -3.65. The largest absolute Gasteiger partial charge is 0.496 e. The molecule has 1 saturated heterocycles. The fourth-order valence-corrected chi connectivity index (χ4v) is 3.90. The Kier molecular flexibility index (Phi) is 5.13. The number of fused-ring (bicyclic) bond motifs is 1. The van der Waals surface area contributed by atoms with Crippen molar-refractivity contribution in [1.82, 2.24) is 19.7 Å². The van der Waals surface area contributed by atoms with Crippen molar-refractivity contribution in [2.75, 3.05) is 31.3 Å². The Labute approximate surface area is 180 Å². The number of hydrogen-bond acceptors (Lipinski definition) is 7. The van der Waals surface area contributed by atoms with Gasteiger partial charge in [-0.05, 0) is 37.1 Å². The van der Waals surface area contributed by atoms with Gasteiger partial charge in [0.1, 0.15) is 11.6 Å². The van der Waals surface area contributed by atoms with Gasteiger partial charge < -0.3 is 20.5 Å². The van der Waals surface area contributed by atoms with Gasteiger partial charge in [0.05, 0.1) is 30.0 Å². The number of methoxy groups -OCH3 is 1. The van der Waals surface area contributed by atoms with Crippen molar-refractivity contribution in [2.45, 2.75) is 18.9 Å². The van der Waals surface area contributed by atoms with E-state index < -0.39 is 0 Å². The molecule has 4 aromatic rings. The number of hydrogen-bond donors (Lipinski definition) is 2. The smallest absolute Gasteiger partial charge is 0.225 e. The number of benzene rings is 2. The highest BCUT2D eigenvalue weighted by atomic mass is 16.5. The Morgan fingerprint density at radius 1 is 1.13 bits per heavy atom. The first kappa shape index (κ1) is 19.3. The molecule has 1 fully saturated rings. The molecule has 31 heavy (non-hydrogen) atoms. The Bertz CT molecular complexity index is 1200. The number of ether oxygens (including phenoxy) is 2. The topological polar surface area (TPSA) is 100 Å². The SMILES string of the molecule is COc1ccccc1-c1nc(NC[C@@H]2CCCO2)nc2nn(-c3ccccc3)c(N)c12. The lowest BCUT2D eigenvalue weighted by Gasteiger charge is -2.13. The van der Waals surface area contributed by atoms with Gasteiger partial charge in [-0.1, -0.05) is 30.3 Å². The minimum atomic E-state index is 0.168. The van der Waals surface area contributed by atoms with Crippen molar-refractivity contribution >= 4 is 22.8 Å². The number of para-hydroxylation sites is 2. The maximum absolute atomic E-state index is 6.56. The first-order valence-electron chi connectivity index (χ1n) is 10.3. The lowest BCUT2D eigenvalue weighted by atomic mass is 10.1. The summed E-state index contributed by atoms with van der Waals surface area (Å²) in [5.41, 5.74) is 9.45.